The largest absolute Gasteiger partial charge is 0.408 e. The van der Waals surface area contributed by atoms with Gasteiger partial charge in [0.2, 0.25) is 11.8 Å². The zero-order valence-corrected chi connectivity index (χ0v) is 13.8. The Hall–Kier alpha value is -2.17. The minimum absolute atomic E-state index is 0.127. The van der Waals surface area contributed by atoms with Crippen molar-refractivity contribution in [3.63, 3.8) is 0 Å². The number of amides is 1. The minimum Gasteiger partial charge on any atom is -0.408 e. The van der Waals surface area contributed by atoms with E-state index in [-0.39, 0.29) is 11.9 Å². The summed E-state index contributed by atoms with van der Waals surface area (Å²) in [6, 6.07) is 6.33. The number of hydrogen-bond acceptors (Lipinski definition) is 4. The van der Waals surface area contributed by atoms with E-state index >= 15 is 0 Å². The molecule has 0 atom stereocenters. The number of anilines is 1. The van der Waals surface area contributed by atoms with E-state index in [1.165, 1.54) is 19.3 Å². The van der Waals surface area contributed by atoms with Crippen LogP contribution in [0, 0.1) is 13.8 Å². The van der Waals surface area contributed by atoms with Gasteiger partial charge in [0.15, 0.2) is 0 Å². The average molecular weight is 313 g/mol. The lowest BCUT2D eigenvalue weighted by atomic mass is 9.89. The van der Waals surface area contributed by atoms with E-state index in [4.69, 9.17) is 4.42 Å². The topological polar surface area (TPSA) is 68.0 Å². The van der Waals surface area contributed by atoms with Crippen LogP contribution in [-0.4, -0.2) is 16.1 Å². The first-order valence-corrected chi connectivity index (χ1v) is 8.31. The van der Waals surface area contributed by atoms with Gasteiger partial charge < -0.3 is 4.42 Å². The molecule has 1 amide bonds. The summed E-state index contributed by atoms with van der Waals surface area (Å²) in [6.45, 7) is 4.03. The summed E-state index contributed by atoms with van der Waals surface area (Å²) in [5.74, 6) is 0.880. The average Bonchev–Trinajstić information content (AvgIpc) is 3.00. The molecule has 0 unspecified atom stereocenters. The second-order valence-corrected chi connectivity index (χ2v) is 6.44. The van der Waals surface area contributed by atoms with Gasteiger partial charge in [-0.2, -0.15) is 0 Å². The number of carbonyl (C=O) groups excluding carboxylic acids is 1. The lowest BCUT2D eigenvalue weighted by Gasteiger charge is -2.17. The summed E-state index contributed by atoms with van der Waals surface area (Å²) in [5, 5.41) is 10.8. The summed E-state index contributed by atoms with van der Waals surface area (Å²) in [5.41, 5.74) is 3.28. The number of aromatic nitrogens is 2. The molecule has 2 aromatic rings. The minimum atomic E-state index is -0.127. The van der Waals surface area contributed by atoms with Crippen molar-refractivity contribution in [3.05, 3.63) is 40.8 Å². The molecule has 23 heavy (non-hydrogen) atoms. The maximum Gasteiger partial charge on any atom is 0.322 e. The van der Waals surface area contributed by atoms with Crippen molar-refractivity contribution in [1.29, 1.82) is 0 Å². The first-order chi connectivity index (χ1) is 11.1. The van der Waals surface area contributed by atoms with Gasteiger partial charge in [0, 0.05) is 5.92 Å². The molecule has 1 aliphatic rings. The van der Waals surface area contributed by atoms with Crippen molar-refractivity contribution in [2.24, 2.45) is 0 Å². The molecule has 1 N–H and O–H groups in total. The van der Waals surface area contributed by atoms with E-state index in [2.05, 4.69) is 15.5 Å². The molecule has 5 nitrogen and oxygen atoms in total. The van der Waals surface area contributed by atoms with Crippen LogP contribution in [0.2, 0.25) is 0 Å². The van der Waals surface area contributed by atoms with Gasteiger partial charge in [0.05, 0.1) is 6.42 Å². The van der Waals surface area contributed by atoms with Crippen LogP contribution in [0.15, 0.2) is 22.6 Å². The third kappa shape index (κ3) is 3.97. The molecule has 0 spiro atoms. The fourth-order valence-electron chi connectivity index (χ4n) is 3.13. The molecule has 0 aliphatic heterocycles. The van der Waals surface area contributed by atoms with E-state index in [9.17, 15) is 4.79 Å². The third-order valence-corrected chi connectivity index (χ3v) is 4.50. The number of carbonyl (C=O) groups is 1. The monoisotopic (exact) mass is 313 g/mol. The van der Waals surface area contributed by atoms with Crippen LogP contribution in [0.3, 0.4) is 0 Å². The third-order valence-electron chi connectivity index (χ3n) is 4.50. The SMILES string of the molecule is Cc1ccc(C)c(CC(=O)Nc2nnc(C3CCCCC3)o2)c1. The Morgan fingerprint density at radius 1 is 1.22 bits per heavy atom. The molecule has 1 aromatic heterocycles. The highest BCUT2D eigenvalue weighted by Crippen LogP contribution is 2.32. The summed E-state index contributed by atoms with van der Waals surface area (Å²) in [6.07, 6.45) is 6.21. The quantitative estimate of drug-likeness (QED) is 0.929. The van der Waals surface area contributed by atoms with Gasteiger partial charge in [-0.05, 0) is 37.8 Å². The van der Waals surface area contributed by atoms with Crippen LogP contribution < -0.4 is 5.32 Å². The maximum absolute atomic E-state index is 12.2. The van der Waals surface area contributed by atoms with Gasteiger partial charge in [0.25, 0.3) is 0 Å². The van der Waals surface area contributed by atoms with Crippen LogP contribution in [0.5, 0.6) is 0 Å². The number of aryl methyl sites for hydroxylation is 2. The van der Waals surface area contributed by atoms with Gasteiger partial charge in [-0.3, -0.25) is 10.1 Å². The molecule has 0 bridgehead atoms. The molecular formula is C18H23N3O2. The van der Waals surface area contributed by atoms with E-state index in [1.807, 2.05) is 32.0 Å². The number of nitrogens with one attached hydrogen (secondary N) is 1. The summed E-state index contributed by atoms with van der Waals surface area (Å²) < 4.78 is 5.63. The fourth-order valence-corrected chi connectivity index (χ4v) is 3.13. The van der Waals surface area contributed by atoms with Gasteiger partial charge in [-0.25, -0.2) is 0 Å². The zero-order valence-electron chi connectivity index (χ0n) is 13.8. The van der Waals surface area contributed by atoms with E-state index in [1.54, 1.807) is 0 Å². The van der Waals surface area contributed by atoms with E-state index < -0.39 is 0 Å². The summed E-state index contributed by atoms with van der Waals surface area (Å²) in [7, 11) is 0. The number of rotatable bonds is 4. The normalized spacial score (nSPS) is 15.6. The Bertz CT molecular complexity index is 687. The molecule has 1 aliphatic carbocycles. The van der Waals surface area contributed by atoms with Gasteiger partial charge in [-0.1, -0.05) is 48.1 Å². The molecule has 122 valence electrons. The lowest BCUT2D eigenvalue weighted by molar-refractivity contribution is -0.115. The van der Waals surface area contributed by atoms with Crippen LogP contribution in [-0.2, 0) is 11.2 Å². The van der Waals surface area contributed by atoms with Crippen LogP contribution in [0.25, 0.3) is 0 Å². The van der Waals surface area contributed by atoms with Gasteiger partial charge in [-0.15, -0.1) is 5.10 Å². The number of benzene rings is 1. The molecule has 1 fully saturated rings. The Labute approximate surface area is 136 Å². The van der Waals surface area contributed by atoms with E-state index in [0.29, 0.717) is 18.2 Å². The van der Waals surface area contributed by atoms with Crippen LogP contribution >= 0.6 is 0 Å². The number of hydrogen-bond donors (Lipinski definition) is 1. The van der Waals surface area contributed by atoms with Crippen molar-refractivity contribution in [3.8, 4) is 0 Å². The second-order valence-electron chi connectivity index (χ2n) is 6.44. The molecule has 0 saturated heterocycles. The molecular weight excluding hydrogens is 290 g/mol. The van der Waals surface area contributed by atoms with Crippen LogP contribution in [0.4, 0.5) is 6.01 Å². The van der Waals surface area contributed by atoms with Crippen molar-refractivity contribution in [1.82, 2.24) is 10.2 Å². The Balaban J connectivity index is 1.61. The van der Waals surface area contributed by atoms with Crippen molar-refractivity contribution >= 4 is 11.9 Å². The molecule has 0 radical (unpaired) electrons. The second kappa shape index (κ2) is 6.94. The van der Waals surface area contributed by atoms with E-state index in [0.717, 1.165) is 29.5 Å². The predicted octanol–water partition coefficient (Wildman–Crippen LogP) is 3.92. The number of nitrogens with zero attached hydrogens (tertiary/aromatic N) is 2. The smallest absolute Gasteiger partial charge is 0.322 e. The standard InChI is InChI=1S/C18H23N3O2/c1-12-8-9-13(2)15(10-12)11-16(22)19-18-21-20-17(23-18)14-6-4-3-5-7-14/h8-10,14H,3-7,11H2,1-2H3,(H,19,21,22). The predicted molar refractivity (Wildman–Crippen MR) is 88.4 cm³/mol. The van der Waals surface area contributed by atoms with Crippen molar-refractivity contribution < 1.29 is 9.21 Å². The Morgan fingerprint density at radius 3 is 2.78 bits per heavy atom. The zero-order chi connectivity index (χ0) is 16.2. The Morgan fingerprint density at radius 2 is 2.00 bits per heavy atom. The van der Waals surface area contributed by atoms with Gasteiger partial charge in [0.1, 0.15) is 0 Å². The lowest BCUT2D eigenvalue weighted by Crippen LogP contribution is -2.15. The fraction of sp³-hybridized carbons (Fsp3) is 0.500. The van der Waals surface area contributed by atoms with Crippen molar-refractivity contribution in [2.75, 3.05) is 5.32 Å². The molecule has 1 aromatic carbocycles. The highest BCUT2D eigenvalue weighted by Gasteiger charge is 2.21. The van der Waals surface area contributed by atoms with Crippen molar-refractivity contribution in [2.45, 2.75) is 58.3 Å². The highest BCUT2D eigenvalue weighted by molar-refractivity contribution is 5.90. The first kappa shape index (κ1) is 15.7. The maximum atomic E-state index is 12.2. The highest BCUT2D eigenvalue weighted by atomic mass is 16.4. The molecule has 5 heteroatoms. The molecule has 1 saturated carbocycles. The summed E-state index contributed by atoms with van der Waals surface area (Å²) in [4.78, 5) is 12.2. The van der Waals surface area contributed by atoms with Gasteiger partial charge >= 0.3 is 6.01 Å². The Kier molecular flexibility index (Phi) is 4.74. The molecule has 1 heterocycles. The summed E-state index contributed by atoms with van der Waals surface area (Å²) >= 11 is 0. The first-order valence-electron chi connectivity index (χ1n) is 8.31. The van der Waals surface area contributed by atoms with Crippen LogP contribution in [0.1, 0.15) is 60.6 Å². The molecule has 3 rings (SSSR count).